The number of hydrogen-bond acceptors (Lipinski definition) is 4. The van der Waals surface area contributed by atoms with Crippen LogP contribution in [0.2, 0.25) is 0 Å². The molecule has 3 rings (SSSR count). The Morgan fingerprint density at radius 1 is 1.26 bits per heavy atom. The van der Waals surface area contributed by atoms with Crippen molar-refractivity contribution in [2.24, 2.45) is 5.92 Å². The van der Waals surface area contributed by atoms with Crippen LogP contribution in [0, 0.1) is 5.92 Å². The van der Waals surface area contributed by atoms with Crippen LogP contribution in [-0.2, 0) is 0 Å². The molecule has 2 aromatic rings. The highest BCUT2D eigenvalue weighted by atomic mass is 16.5. The molecular formula is C17H21N3O3. The lowest BCUT2D eigenvalue weighted by atomic mass is 9.85. The molecule has 1 heterocycles. The Morgan fingerprint density at radius 2 is 2.04 bits per heavy atom. The lowest BCUT2D eigenvalue weighted by Crippen LogP contribution is -2.45. The zero-order chi connectivity index (χ0) is 16.1. The monoisotopic (exact) mass is 315 g/mol. The molecule has 6 nitrogen and oxygen atoms in total. The van der Waals surface area contributed by atoms with Crippen LogP contribution < -0.4 is 10.6 Å². The third-order valence-corrected chi connectivity index (χ3v) is 4.27. The summed E-state index contributed by atoms with van der Waals surface area (Å²) >= 11 is 0. The van der Waals surface area contributed by atoms with Gasteiger partial charge in [0, 0.05) is 30.2 Å². The van der Waals surface area contributed by atoms with E-state index in [4.69, 9.17) is 4.52 Å². The molecule has 0 aliphatic heterocycles. The van der Waals surface area contributed by atoms with E-state index in [1.54, 1.807) is 6.07 Å². The summed E-state index contributed by atoms with van der Waals surface area (Å²) in [6.45, 7) is 0.104. The molecule has 0 radical (unpaired) electrons. The molecular weight excluding hydrogens is 294 g/mol. The minimum absolute atomic E-state index is 0.00856. The number of aliphatic hydroxyl groups excluding tert-OH is 1. The lowest BCUT2D eigenvalue weighted by Gasteiger charge is -2.30. The van der Waals surface area contributed by atoms with Crippen molar-refractivity contribution in [1.82, 2.24) is 10.5 Å². The first-order chi connectivity index (χ1) is 11.3. The summed E-state index contributed by atoms with van der Waals surface area (Å²) in [6, 6.07) is 11.0. The standard InChI is InChI=1S/C17H21N3O3/c21-11-13-8-4-5-9-14(13)18-17(22)19-16-10-15(23-20-16)12-6-2-1-3-7-12/h1-3,6-7,10,13-14,21H,4-5,8-9,11H2,(H2,18,19,20,22). The number of carbonyl (C=O) groups excluding carboxylic acids is 1. The number of amides is 2. The molecule has 1 aliphatic carbocycles. The van der Waals surface area contributed by atoms with E-state index in [-0.39, 0.29) is 24.6 Å². The minimum atomic E-state index is -0.316. The van der Waals surface area contributed by atoms with E-state index in [1.807, 2.05) is 30.3 Å². The van der Waals surface area contributed by atoms with Gasteiger partial charge in [0.15, 0.2) is 11.6 Å². The highest BCUT2D eigenvalue weighted by molar-refractivity contribution is 5.88. The summed E-state index contributed by atoms with van der Waals surface area (Å²) < 4.78 is 5.25. The van der Waals surface area contributed by atoms with Crippen molar-refractivity contribution in [2.45, 2.75) is 31.7 Å². The van der Waals surface area contributed by atoms with E-state index in [2.05, 4.69) is 15.8 Å². The van der Waals surface area contributed by atoms with Crippen LogP contribution in [0.4, 0.5) is 10.6 Å². The second kappa shape index (κ2) is 7.28. The maximum atomic E-state index is 12.1. The van der Waals surface area contributed by atoms with Gasteiger partial charge in [-0.2, -0.15) is 0 Å². The molecule has 2 atom stereocenters. The molecule has 1 fully saturated rings. The molecule has 6 heteroatoms. The Labute approximate surface area is 134 Å². The maximum Gasteiger partial charge on any atom is 0.320 e. The van der Waals surface area contributed by atoms with Gasteiger partial charge in [0.25, 0.3) is 0 Å². The van der Waals surface area contributed by atoms with Gasteiger partial charge in [0.05, 0.1) is 0 Å². The summed E-state index contributed by atoms with van der Waals surface area (Å²) in [5.41, 5.74) is 0.904. The Bertz CT molecular complexity index is 642. The number of anilines is 1. The van der Waals surface area contributed by atoms with Gasteiger partial charge in [0.2, 0.25) is 0 Å². The van der Waals surface area contributed by atoms with Crippen molar-refractivity contribution in [3.05, 3.63) is 36.4 Å². The Kier molecular flexibility index (Phi) is 4.92. The van der Waals surface area contributed by atoms with Gasteiger partial charge in [-0.25, -0.2) is 4.79 Å². The second-order valence-electron chi connectivity index (χ2n) is 5.87. The fourth-order valence-corrected chi connectivity index (χ4v) is 3.01. The number of nitrogens with zero attached hydrogens (tertiary/aromatic N) is 1. The molecule has 3 N–H and O–H groups in total. The van der Waals surface area contributed by atoms with E-state index >= 15 is 0 Å². The molecule has 1 saturated carbocycles. The summed E-state index contributed by atoms with van der Waals surface area (Å²) in [4.78, 5) is 12.1. The van der Waals surface area contributed by atoms with Crippen LogP contribution in [-0.4, -0.2) is 28.9 Å². The smallest absolute Gasteiger partial charge is 0.320 e. The number of benzene rings is 1. The first kappa shape index (κ1) is 15.6. The Morgan fingerprint density at radius 3 is 2.83 bits per heavy atom. The third kappa shape index (κ3) is 3.90. The van der Waals surface area contributed by atoms with Gasteiger partial charge in [-0.1, -0.05) is 48.3 Å². The predicted octanol–water partition coefficient (Wildman–Crippen LogP) is 3.01. The fraction of sp³-hybridized carbons (Fsp3) is 0.412. The van der Waals surface area contributed by atoms with Gasteiger partial charge in [-0.15, -0.1) is 0 Å². The van der Waals surface area contributed by atoms with Gasteiger partial charge >= 0.3 is 6.03 Å². The highest BCUT2D eigenvalue weighted by Crippen LogP contribution is 2.24. The van der Waals surface area contributed by atoms with Crippen molar-refractivity contribution in [1.29, 1.82) is 0 Å². The Balaban J connectivity index is 1.59. The SMILES string of the molecule is O=C(Nc1cc(-c2ccccc2)on1)NC1CCCCC1CO. The van der Waals surface area contributed by atoms with Crippen molar-refractivity contribution >= 4 is 11.8 Å². The molecule has 0 bridgehead atoms. The van der Waals surface area contributed by atoms with Crippen LogP contribution in [0.1, 0.15) is 25.7 Å². The van der Waals surface area contributed by atoms with Crippen molar-refractivity contribution in [3.8, 4) is 11.3 Å². The number of carbonyl (C=O) groups is 1. The zero-order valence-electron chi connectivity index (χ0n) is 12.9. The number of rotatable bonds is 4. The minimum Gasteiger partial charge on any atom is -0.396 e. The number of aromatic nitrogens is 1. The topological polar surface area (TPSA) is 87.4 Å². The third-order valence-electron chi connectivity index (χ3n) is 4.27. The molecule has 122 valence electrons. The summed E-state index contributed by atoms with van der Waals surface area (Å²) in [7, 11) is 0. The van der Waals surface area contributed by atoms with E-state index in [0.717, 1.165) is 31.2 Å². The molecule has 1 aliphatic rings. The Hall–Kier alpha value is -2.34. The number of hydrogen-bond donors (Lipinski definition) is 3. The number of aliphatic hydroxyl groups is 1. The quantitative estimate of drug-likeness (QED) is 0.809. The van der Waals surface area contributed by atoms with Gasteiger partial charge < -0.3 is 14.9 Å². The molecule has 1 aromatic carbocycles. The highest BCUT2D eigenvalue weighted by Gasteiger charge is 2.26. The van der Waals surface area contributed by atoms with Crippen molar-refractivity contribution < 1.29 is 14.4 Å². The van der Waals surface area contributed by atoms with Crippen molar-refractivity contribution in [3.63, 3.8) is 0 Å². The van der Waals surface area contributed by atoms with Crippen LogP contribution in [0.5, 0.6) is 0 Å². The average molecular weight is 315 g/mol. The molecule has 0 saturated heterocycles. The molecule has 2 unspecified atom stereocenters. The van der Waals surface area contributed by atoms with Gasteiger partial charge in [0.1, 0.15) is 0 Å². The first-order valence-corrected chi connectivity index (χ1v) is 7.97. The predicted molar refractivity (Wildman–Crippen MR) is 86.9 cm³/mol. The summed E-state index contributed by atoms with van der Waals surface area (Å²) in [5, 5.41) is 18.9. The lowest BCUT2D eigenvalue weighted by molar-refractivity contribution is 0.156. The van der Waals surface area contributed by atoms with Gasteiger partial charge in [-0.05, 0) is 12.8 Å². The zero-order valence-corrected chi connectivity index (χ0v) is 12.9. The van der Waals surface area contributed by atoms with Gasteiger partial charge in [-0.3, -0.25) is 5.32 Å². The average Bonchev–Trinajstić information content (AvgIpc) is 3.04. The van der Waals surface area contributed by atoms with E-state index < -0.39 is 0 Å². The van der Waals surface area contributed by atoms with Crippen LogP contribution in [0.3, 0.4) is 0 Å². The number of nitrogens with one attached hydrogen (secondary N) is 2. The number of urea groups is 1. The fourth-order valence-electron chi connectivity index (χ4n) is 3.01. The molecule has 23 heavy (non-hydrogen) atoms. The van der Waals surface area contributed by atoms with E-state index in [9.17, 15) is 9.90 Å². The van der Waals surface area contributed by atoms with E-state index in [1.165, 1.54) is 0 Å². The maximum absolute atomic E-state index is 12.1. The normalized spacial score (nSPS) is 20.9. The summed E-state index contributed by atoms with van der Waals surface area (Å²) in [6.07, 6.45) is 4.02. The largest absolute Gasteiger partial charge is 0.396 e. The van der Waals surface area contributed by atoms with Crippen LogP contribution in [0.15, 0.2) is 40.9 Å². The first-order valence-electron chi connectivity index (χ1n) is 7.97. The van der Waals surface area contributed by atoms with Crippen LogP contribution in [0.25, 0.3) is 11.3 Å². The molecule has 2 amide bonds. The van der Waals surface area contributed by atoms with Crippen LogP contribution >= 0.6 is 0 Å². The molecule has 1 aromatic heterocycles. The van der Waals surface area contributed by atoms with Crippen molar-refractivity contribution in [2.75, 3.05) is 11.9 Å². The summed E-state index contributed by atoms with van der Waals surface area (Å²) in [5.74, 6) is 1.11. The second-order valence-corrected chi connectivity index (χ2v) is 5.87. The van der Waals surface area contributed by atoms with E-state index in [0.29, 0.717) is 11.6 Å². The molecule has 0 spiro atoms.